The summed E-state index contributed by atoms with van der Waals surface area (Å²) in [5, 5.41) is 8.23. The van der Waals surface area contributed by atoms with Crippen LogP contribution in [0.5, 0.6) is 0 Å². The molecule has 1 aromatic carbocycles. The number of hydrogen-bond donors (Lipinski definition) is 1. The number of nitrogens with one attached hydrogen (secondary N) is 1. The molecule has 2 aromatic rings. The van der Waals surface area contributed by atoms with Crippen molar-refractivity contribution >= 4 is 5.82 Å². The van der Waals surface area contributed by atoms with Crippen LogP contribution in [0.1, 0.15) is 25.5 Å². The predicted octanol–water partition coefficient (Wildman–Crippen LogP) is 2.35. The van der Waals surface area contributed by atoms with Crippen LogP contribution in [0.4, 0.5) is 5.82 Å². The van der Waals surface area contributed by atoms with Crippen LogP contribution in [0.3, 0.4) is 0 Å². The molecular weight excluding hydrogens is 248 g/mol. The quantitative estimate of drug-likeness (QED) is 0.909. The number of nitrogens with zero attached hydrogens (tertiary/aromatic N) is 3. The van der Waals surface area contributed by atoms with Crippen molar-refractivity contribution < 1.29 is 0 Å². The van der Waals surface area contributed by atoms with Crippen LogP contribution in [-0.4, -0.2) is 28.4 Å². The number of anilines is 1. The fourth-order valence-corrected chi connectivity index (χ4v) is 2.84. The molecule has 4 heteroatoms. The van der Waals surface area contributed by atoms with E-state index in [9.17, 15) is 0 Å². The van der Waals surface area contributed by atoms with Gasteiger partial charge in [-0.2, -0.15) is 5.10 Å². The molecule has 0 radical (unpaired) electrons. The van der Waals surface area contributed by atoms with Crippen LogP contribution in [0.25, 0.3) is 0 Å². The van der Waals surface area contributed by atoms with Gasteiger partial charge in [0.15, 0.2) is 5.82 Å². The highest BCUT2D eigenvalue weighted by molar-refractivity contribution is 5.43. The second-order valence-electron chi connectivity index (χ2n) is 6.17. The van der Waals surface area contributed by atoms with Crippen LogP contribution >= 0.6 is 0 Å². The summed E-state index contributed by atoms with van der Waals surface area (Å²) in [6, 6.07) is 13.1. The molecule has 1 aromatic heterocycles. The molecule has 0 bridgehead atoms. The first-order valence-electron chi connectivity index (χ1n) is 7.11. The zero-order valence-electron chi connectivity index (χ0n) is 12.4. The lowest BCUT2D eigenvalue weighted by Gasteiger charge is -2.45. The fourth-order valence-electron chi connectivity index (χ4n) is 2.84. The third kappa shape index (κ3) is 2.56. The maximum Gasteiger partial charge on any atom is 0.151 e. The minimum atomic E-state index is 0.100. The highest BCUT2D eigenvalue weighted by atomic mass is 15.4. The molecule has 1 aliphatic rings. The van der Waals surface area contributed by atoms with Crippen molar-refractivity contribution in [2.24, 2.45) is 7.05 Å². The average molecular weight is 270 g/mol. The molecule has 1 fully saturated rings. The molecule has 0 saturated carbocycles. The molecule has 1 aliphatic heterocycles. The Labute approximate surface area is 120 Å². The van der Waals surface area contributed by atoms with E-state index in [1.807, 2.05) is 17.9 Å². The number of hydrogen-bond acceptors (Lipinski definition) is 3. The summed E-state index contributed by atoms with van der Waals surface area (Å²) in [5.41, 5.74) is 1.43. The van der Waals surface area contributed by atoms with Crippen molar-refractivity contribution in [1.82, 2.24) is 15.1 Å². The second-order valence-corrected chi connectivity index (χ2v) is 6.17. The summed E-state index contributed by atoms with van der Waals surface area (Å²) >= 11 is 0. The second kappa shape index (κ2) is 4.94. The number of rotatable bonds is 2. The highest BCUT2D eigenvalue weighted by Gasteiger charge is 2.34. The predicted molar refractivity (Wildman–Crippen MR) is 81.8 cm³/mol. The SMILES string of the molecule is Cn1ccc(N2CC(C)(C)NCC2c2ccccc2)n1. The van der Waals surface area contributed by atoms with Crippen molar-refractivity contribution in [2.75, 3.05) is 18.0 Å². The van der Waals surface area contributed by atoms with Crippen molar-refractivity contribution in [3.63, 3.8) is 0 Å². The molecule has 1 unspecified atom stereocenters. The first-order valence-corrected chi connectivity index (χ1v) is 7.11. The smallest absolute Gasteiger partial charge is 0.151 e. The molecule has 1 N–H and O–H groups in total. The van der Waals surface area contributed by atoms with Gasteiger partial charge in [-0.05, 0) is 19.4 Å². The van der Waals surface area contributed by atoms with E-state index in [-0.39, 0.29) is 5.54 Å². The number of aromatic nitrogens is 2. The number of benzene rings is 1. The Bertz CT molecular complexity index is 573. The lowest BCUT2D eigenvalue weighted by Crippen LogP contribution is -2.58. The van der Waals surface area contributed by atoms with E-state index >= 15 is 0 Å². The van der Waals surface area contributed by atoms with E-state index in [0.29, 0.717) is 6.04 Å². The van der Waals surface area contributed by atoms with Gasteiger partial charge in [-0.1, -0.05) is 30.3 Å². The van der Waals surface area contributed by atoms with E-state index in [4.69, 9.17) is 0 Å². The summed E-state index contributed by atoms with van der Waals surface area (Å²) in [4.78, 5) is 2.41. The van der Waals surface area contributed by atoms with Gasteiger partial charge >= 0.3 is 0 Å². The van der Waals surface area contributed by atoms with Crippen molar-refractivity contribution in [2.45, 2.75) is 25.4 Å². The maximum absolute atomic E-state index is 4.59. The van der Waals surface area contributed by atoms with E-state index < -0.39 is 0 Å². The monoisotopic (exact) mass is 270 g/mol. The summed E-state index contributed by atoms with van der Waals surface area (Å²) in [5.74, 6) is 1.05. The Morgan fingerprint density at radius 2 is 1.95 bits per heavy atom. The normalized spacial score (nSPS) is 21.9. The Hall–Kier alpha value is -1.81. The van der Waals surface area contributed by atoms with Crippen molar-refractivity contribution in [1.29, 1.82) is 0 Å². The van der Waals surface area contributed by atoms with Crippen molar-refractivity contribution in [3.8, 4) is 0 Å². The van der Waals surface area contributed by atoms with E-state index in [0.717, 1.165) is 18.9 Å². The van der Waals surface area contributed by atoms with Crippen molar-refractivity contribution in [3.05, 3.63) is 48.2 Å². The molecule has 1 saturated heterocycles. The van der Waals surface area contributed by atoms with Gasteiger partial charge in [0, 0.05) is 37.9 Å². The van der Waals surface area contributed by atoms with Crippen LogP contribution < -0.4 is 10.2 Å². The van der Waals surface area contributed by atoms with Gasteiger partial charge in [-0.15, -0.1) is 0 Å². The molecule has 1 atom stereocenters. The van der Waals surface area contributed by atoms with Gasteiger partial charge < -0.3 is 10.2 Å². The topological polar surface area (TPSA) is 33.1 Å². The Morgan fingerprint density at radius 3 is 2.60 bits per heavy atom. The molecule has 0 aliphatic carbocycles. The van der Waals surface area contributed by atoms with Gasteiger partial charge in [-0.25, -0.2) is 0 Å². The van der Waals surface area contributed by atoms with Gasteiger partial charge in [0.05, 0.1) is 6.04 Å². The van der Waals surface area contributed by atoms with Gasteiger partial charge in [0.25, 0.3) is 0 Å². The van der Waals surface area contributed by atoms with Crippen LogP contribution in [-0.2, 0) is 7.05 Å². The third-order valence-electron chi connectivity index (χ3n) is 3.89. The minimum absolute atomic E-state index is 0.100. The average Bonchev–Trinajstić information content (AvgIpc) is 2.85. The van der Waals surface area contributed by atoms with Crippen LogP contribution in [0.15, 0.2) is 42.6 Å². The molecule has 4 nitrogen and oxygen atoms in total. The molecule has 0 amide bonds. The van der Waals surface area contributed by atoms with Gasteiger partial charge in [0.1, 0.15) is 0 Å². The van der Waals surface area contributed by atoms with Gasteiger partial charge in [-0.3, -0.25) is 4.68 Å². The summed E-state index contributed by atoms with van der Waals surface area (Å²) in [6.07, 6.45) is 2.01. The lowest BCUT2D eigenvalue weighted by molar-refractivity contribution is 0.310. The first kappa shape index (κ1) is 13.2. The summed E-state index contributed by atoms with van der Waals surface area (Å²) in [7, 11) is 1.97. The molecule has 106 valence electrons. The summed E-state index contributed by atoms with van der Waals surface area (Å²) < 4.78 is 1.87. The standard InChI is InChI=1S/C16H22N4/c1-16(2)12-20(15-9-10-19(3)18-15)14(11-17-16)13-7-5-4-6-8-13/h4-10,14,17H,11-12H2,1-3H3. The Morgan fingerprint density at radius 1 is 1.20 bits per heavy atom. The largest absolute Gasteiger partial charge is 0.345 e. The summed E-state index contributed by atoms with van der Waals surface area (Å²) in [6.45, 7) is 6.37. The van der Waals surface area contributed by atoms with Crippen LogP contribution in [0.2, 0.25) is 0 Å². The molecule has 20 heavy (non-hydrogen) atoms. The maximum atomic E-state index is 4.59. The Balaban J connectivity index is 1.95. The van der Waals surface area contributed by atoms with Crippen LogP contribution in [0, 0.1) is 0 Å². The molecular formula is C16H22N4. The molecule has 3 rings (SSSR count). The zero-order chi connectivity index (χ0) is 14.2. The minimum Gasteiger partial charge on any atom is -0.345 e. The van der Waals surface area contributed by atoms with E-state index in [1.54, 1.807) is 0 Å². The number of piperazine rings is 1. The number of aryl methyl sites for hydroxylation is 1. The van der Waals surface area contributed by atoms with E-state index in [2.05, 4.69) is 65.6 Å². The Kier molecular flexibility index (Phi) is 3.26. The molecule has 2 heterocycles. The van der Waals surface area contributed by atoms with E-state index in [1.165, 1.54) is 5.56 Å². The highest BCUT2D eigenvalue weighted by Crippen LogP contribution is 2.30. The van der Waals surface area contributed by atoms with Gasteiger partial charge in [0.2, 0.25) is 0 Å². The lowest BCUT2D eigenvalue weighted by atomic mass is 9.95. The fraction of sp³-hybridized carbons (Fsp3) is 0.438. The third-order valence-corrected chi connectivity index (χ3v) is 3.89. The molecule has 0 spiro atoms. The zero-order valence-corrected chi connectivity index (χ0v) is 12.4. The first-order chi connectivity index (χ1) is 9.55.